The van der Waals surface area contributed by atoms with Gasteiger partial charge in [-0.15, -0.1) is 0 Å². The van der Waals surface area contributed by atoms with E-state index in [0.717, 1.165) is 21.0 Å². The molecule has 0 unspecified atom stereocenters. The summed E-state index contributed by atoms with van der Waals surface area (Å²) in [5.74, 6) is 1.04. The molecular formula is C20H17BrN2O3. The minimum absolute atomic E-state index is 0.121. The molecule has 0 saturated carbocycles. The van der Waals surface area contributed by atoms with Crippen molar-refractivity contribution < 1.29 is 13.9 Å². The number of carbonyl (C=O) groups excluding carboxylic acids is 1. The van der Waals surface area contributed by atoms with Crippen LogP contribution in [0.4, 0.5) is 0 Å². The molecule has 0 aliphatic carbocycles. The molecule has 0 spiro atoms. The van der Waals surface area contributed by atoms with Gasteiger partial charge in [0.2, 0.25) is 0 Å². The van der Waals surface area contributed by atoms with Crippen LogP contribution < -0.4 is 10.2 Å². The highest BCUT2D eigenvalue weighted by Gasteiger charge is 2.07. The molecule has 1 heterocycles. The third-order valence-electron chi connectivity index (χ3n) is 3.58. The second kappa shape index (κ2) is 8.49. The van der Waals surface area contributed by atoms with Crippen LogP contribution in [0, 0.1) is 0 Å². The molecule has 1 aromatic heterocycles. The van der Waals surface area contributed by atoms with Crippen LogP contribution >= 0.6 is 15.9 Å². The molecule has 0 aliphatic heterocycles. The van der Waals surface area contributed by atoms with Crippen molar-refractivity contribution in [2.45, 2.75) is 6.92 Å². The summed E-state index contributed by atoms with van der Waals surface area (Å²) in [5, 5.41) is 5.98. The Morgan fingerprint density at radius 3 is 2.77 bits per heavy atom. The van der Waals surface area contributed by atoms with Gasteiger partial charge in [0.25, 0.3) is 5.91 Å². The molecule has 3 rings (SSSR count). The topological polar surface area (TPSA) is 63.8 Å². The van der Waals surface area contributed by atoms with E-state index in [1.165, 1.54) is 0 Å². The molecule has 26 heavy (non-hydrogen) atoms. The maximum absolute atomic E-state index is 12.0. The van der Waals surface area contributed by atoms with Crippen LogP contribution in [0.3, 0.4) is 0 Å². The van der Waals surface area contributed by atoms with E-state index in [1.54, 1.807) is 31.4 Å². The predicted octanol–water partition coefficient (Wildman–Crippen LogP) is 4.78. The molecule has 1 amide bonds. The number of halogens is 1. The van der Waals surface area contributed by atoms with E-state index in [0.29, 0.717) is 11.5 Å². The van der Waals surface area contributed by atoms with E-state index in [-0.39, 0.29) is 12.5 Å². The first kappa shape index (κ1) is 17.9. The van der Waals surface area contributed by atoms with Crippen LogP contribution in [0.5, 0.6) is 5.75 Å². The summed E-state index contributed by atoms with van der Waals surface area (Å²) in [5.41, 5.74) is 3.12. The molecule has 0 radical (unpaired) electrons. The Labute approximate surface area is 159 Å². The van der Waals surface area contributed by atoms with E-state index < -0.39 is 0 Å². The molecule has 0 bridgehead atoms. The normalized spacial score (nSPS) is 11.8. The molecule has 0 atom stereocenters. The molecule has 2 aromatic carbocycles. The van der Waals surface area contributed by atoms with Gasteiger partial charge in [-0.1, -0.05) is 40.2 Å². The summed E-state index contributed by atoms with van der Waals surface area (Å²) in [6.07, 6.45) is 5.12. The lowest BCUT2D eigenvalue weighted by Gasteiger charge is -2.09. The van der Waals surface area contributed by atoms with Gasteiger partial charge in [0.1, 0.15) is 11.5 Å². The summed E-state index contributed by atoms with van der Waals surface area (Å²) in [6.45, 7) is 1.66. The average Bonchev–Trinajstić information content (AvgIpc) is 3.18. The number of ether oxygens (including phenoxy) is 1. The summed E-state index contributed by atoms with van der Waals surface area (Å²) in [4.78, 5) is 12.0. The lowest BCUT2D eigenvalue weighted by atomic mass is 10.1. The number of hydrogen-bond acceptors (Lipinski definition) is 4. The van der Waals surface area contributed by atoms with E-state index in [4.69, 9.17) is 9.15 Å². The van der Waals surface area contributed by atoms with Crippen molar-refractivity contribution in [2.24, 2.45) is 5.10 Å². The second-order valence-corrected chi connectivity index (χ2v) is 6.37. The van der Waals surface area contributed by atoms with Crippen LogP contribution in [0.15, 0.2) is 74.9 Å². The quantitative estimate of drug-likeness (QED) is 0.467. The first-order valence-electron chi connectivity index (χ1n) is 7.98. The number of amides is 1. The van der Waals surface area contributed by atoms with Gasteiger partial charge in [0.15, 0.2) is 6.61 Å². The van der Waals surface area contributed by atoms with E-state index in [1.807, 2.05) is 42.5 Å². The Kier molecular flexibility index (Phi) is 5.86. The second-order valence-electron chi connectivity index (χ2n) is 5.52. The maximum Gasteiger partial charge on any atom is 0.277 e. The Bertz CT molecular complexity index is 962. The zero-order valence-corrected chi connectivity index (χ0v) is 15.7. The fraction of sp³-hybridized carbons (Fsp3) is 0.100. The number of furan rings is 1. The van der Waals surface area contributed by atoms with Gasteiger partial charge >= 0.3 is 0 Å². The van der Waals surface area contributed by atoms with Crippen molar-refractivity contribution in [1.82, 2.24) is 5.43 Å². The first-order chi connectivity index (χ1) is 12.6. The number of hydrazone groups is 1. The highest BCUT2D eigenvalue weighted by molar-refractivity contribution is 9.10. The van der Waals surface area contributed by atoms with Gasteiger partial charge < -0.3 is 9.15 Å². The van der Waals surface area contributed by atoms with Crippen LogP contribution in [0.2, 0.25) is 0 Å². The van der Waals surface area contributed by atoms with Crippen LogP contribution in [0.25, 0.3) is 16.8 Å². The number of fused-ring (bicyclic) bond motifs is 1. The van der Waals surface area contributed by atoms with Crippen molar-refractivity contribution in [2.75, 3.05) is 6.61 Å². The van der Waals surface area contributed by atoms with E-state index in [9.17, 15) is 4.79 Å². The minimum atomic E-state index is -0.331. The first-order valence-corrected chi connectivity index (χ1v) is 8.77. The standard InChI is InChI=1S/C20H17BrN2O3/c1-14(8-9-15-5-4-12-25-15)22-23-20(24)13-26-19-11-10-18(21)16-6-2-3-7-17(16)19/h2-12H,13H2,1H3,(H,23,24)/b9-8+,22-14+. The lowest BCUT2D eigenvalue weighted by Crippen LogP contribution is -2.25. The lowest BCUT2D eigenvalue weighted by molar-refractivity contribution is -0.123. The largest absolute Gasteiger partial charge is 0.483 e. The predicted molar refractivity (Wildman–Crippen MR) is 106 cm³/mol. The molecule has 0 aliphatic rings. The number of hydrogen-bond donors (Lipinski definition) is 1. The number of allylic oxidation sites excluding steroid dienone is 1. The summed E-state index contributed by atoms with van der Waals surface area (Å²) in [6, 6.07) is 15.2. The Morgan fingerprint density at radius 1 is 1.19 bits per heavy atom. The third-order valence-corrected chi connectivity index (χ3v) is 4.27. The zero-order chi connectivity index (χ0) is 18.4. The number of nitrogens with zero attached hydrogens (tertiary/aromatic N) is 1. The maximum atomic E-state index is 12.0. The number of rotatable bonds is 6. The number of carbonyl (C=O) groups is 1. The molecule has 6 heteroatoms. The van der Waals surface area contributed by atoms with Crippen molar-refractivity contribution >= 4 is 44.4 Å². The smallest absolute Gasteiger partial charge is 0.277 e. The van der Waals surface area contributed by atoms with E-state index >= 15 is 0 Å². The Balaban J connectivity index is 1.58. The third kappa shape index (κ3) is 4.61. The summed E-state index contributed by atoms with van der Waals surface area (Å²) >= 11 is 3.52. The number of benzene rings is 2. The van der Waals surface area contributed by atoms with Gasteiger partial charge in [0.05, 0.1) is 12.0 Å². The summed E-state index contributed by atoms with van der Waals surface area (Å²) in [7, 11) is 0. The highest BCUT2D eigenvalue weighted by Crippen LogP contribution is 2.31. The van der Waals surface area contributed by atoms with Crippen molar-refractivity contribution in [3.8, 4) is 5.75 Å². The van der Waals surface area contributed by atoms with Crippen molar-refractivity contribution in [1.29, 1.82) is 0 Å². The van der Waals surface area contributed by atoms with Gasteiger partial charge in [-0.05, 0) is 48.7 Å². The van der Waals surface area contributed by atoms with Gasteiger partial charge in [0, 0.05) is 9.86 Å². The minimum Gasteiger partial charge on any atom is -0.483 e. The summed E-state index contributed by atoms with van der Waals surface area (Å²) < 4.78 is 11.8. The SMILES string of the molecule is CC(/C=C/c1ccco1)=N\NC(=O)COc1ccc(Br)c2ccccc12. The zero-order valence-electron chi connectivity index (χ0n) is 14.1. The fourth-order valence-corrected chi connectivity index (χ4v) is 2.79. The molecule has 0 fully saturated rings. The van der Waals surface area contributed by atoms with Crippen molar-refractivity contribution in [3.05, 3.63) is 71.1 Å². The average molecular weight is 413 g/mol. The Morgan fingerprint density at radius 2 is 2.00 bits per heavy atom. The monoisotopic (exact) mass is 412 g/mol. The van der Waals surface area contributed by atoms with Gasteiger partial charge in [-0.25, -0.2) is 5.43 Å². The molecular weight excluding hydrogens is 396 g/mol. The Hall–Kier alpha value is -2.86. The fourth-order valence-electron chi connectivity index (χ4n) is 2.31. The number of nitrogens with one attached hydrogen (secondary N) is 1. The van der Waals surface area contributed by atoms with Gasteiger partial charge in [-0.2, -0.15) is 5.10 Å². The molecule has 0 saturated heterocycles. The molecule has 5 nitrogen and oxygen atoms in total. The van der Waals surface area contributed by atoms with Crippen LogP contribution in [-0.4, -0.2) is 18.2 Å². The van der Waals surface area contributed by atoms with Crippen LogP contribution in [0.1, 0.15) is 12.7 Å². The van der Waals surface area contributed by atoms with E-state index in [2.05, 4.69) is 26.5 Å². The molecule has 132 valence electrons. The van der Waals surface area contributed by atoms with Crippen LogP contribution in [-0.2, 0) is 4.79 Å². The highest BCUT2D eigenvalue weighted by atomic mass is 79.9. The van der Waals surface area contributed by atoms with Crippen molar-refractivity contribution in [3.63, 3.8) is 0 Å². The van der Waals surface area contributed by atoms with Gasteiger partial charge in [-0.3, -0.25) is 4.79 Å². The molecule has 1 N–H and O–H groups in total. The molecule has 3 aromatic rings.